The highest BCUT2D eigenvalue weighted by molar-refractivity contribution is 5.82. The minimum Gasteiger partial charge on any atom is -0.299 e. The highest BCUT2D eigenvalue weighted by Gasteiger charge is 2.35. The molecule has 1 aliphatic rings. The number of hydrogen-bond donors (Lipinski definition) is 0. The van der Waals surface area contributed by atoms with Crippen molar-refractivity contribution in [3.8, 4) is 0 Å². The summed E-state index contributed by atoms with van der Waals surface area (Å²) in [5.74, 6) is -0.466. The zero-order chi connectivity index (χ0) is 13.0. The third kappa shape index (κ3) is 2.91. The van der Waals surface area contributed by atoms with E-state index in [-0.39, 0.29) is 29.1 Å². The van der Waals surface area contributed by atoms with Crippen LogP contribution in [0.3, 0.4) is 0 Å². The molecule has 18 heavy (non-hydrogen) atoms. The number of rotatable bonds is 4. The van der Waals surface area contributed by atoms with E-state index in [1.54, 1.807) is 18.3 Å². The van der Waals surface area contributed by atoms with E-state index in [4.69, 9.17) is 0 Å². The molecule has 0 aliphatic heterocycles. The van der Waals surface area contributed by atoms with Crippen LogP contribution >= 0.6 is 0 Å². The van der Waals surface area contributed by atoms with Crippen LogP contribution in [0.4, 0.5) is 0 Å². The quantitative estimate of drug-likeness (QED) is 0.604. The summed E-state index contributed by atoms with van der Waals surface area (Å²) in [5.41, 5.74) is 0.662. The summed E-state index contributed by atoms with van der Waals surface area (Å²) in [6.45, 7) is -0.215. The Labute approximate surface area is 105 Å². The molecule has 0 bridgehead atoms. The van der Waals surface area contributed by atoms with Gasteiger partial charge in [-0.1, -0.05) is 12.5 Å². The molecule has 1 aromatic rings. The van der Waals surface area contributed by atoms with Gasteiger partial charge in [-0.25, -0.2) is 0 Å². The van der Waals surface area contributed by atoms with Crippen LogP contribution < -0.4 is 0 Å². The van der Waals surface area contributed by atoms with Crippen LogP contribution in [0, 0.1) is 16.0 Å². The summed E-state index contributed by atoms with van der Waals surface area (Å²) in [6.07, 6.45) is 4.79. The van der Waals surface area contributed by atoms with Gasteiger partial charge in [-0.05, 0) is 25.0 Å². The molecule has 0 saturated heterocycles. The second-order valence-corrected chi connectivity index (χ2v) is 4.69. The van der Waals surface area contributed by atoms with Gasteiger partial charge in [-0.3, -0.25) is 19.9 Å². The van der Waals surface area contributed by atoms with Crippen molar-refractivity contribution in [1.29, 1.82) is 0 Å². The zero-order valence-electron chi connectivity index (χ0n) is 10.1. The molecule has 0 spiro atoms. The maximum atomic E-state index is 11.9. The van der Waals surface area contributed by atoms with E-state index in [9.17, 15) is 14.9 Å². The largest absolute Gasteiger partial charge is 0.299 e. The smallest absolute Gasteiger partial charge is 0.212 e. The van der Waals surface area contributed by atoms with Gasteiger partial charge in [0.05, 0.1) is 11.6 Å². The maximum absolute atomic E-state index is 11.9. The van der Waals surface area contributed by atoms with Crippen LogP contribution in [0.1, 0.15) is 37.3 Å². The van der Waals surface area contributed by atoms with E-state index < -0.39 is 0 Å². The van der Waals surface area contributed by atoms with Gasteiger partial charge < -0.3 is 0 Å². The summed E-state index contributed by atoms with van der Waals surface area (Å²) < 4.78 is 0. The first-order valence-electron chi connectivity index (χ1n) is 6.24. The van der Waals surface area contributed by atoms with E-state index in [1.807, 2.05) is 6.07 Å². The lowest BCUT2D eigenvalue weighted by molar-refractivity contribution is -0.484. The Balaban J connectivity index is 2.24. The van der Waals surface area contributed by atoms with Crippen molar-refractivity contribution in [1.82, 2.24) is 4.98 Å². The van der Waals surface area contributed by atoms with Gasteiger partial charge in [0.2, 0.25) is 6.54 Å². The Morgan fingerprint density at radius 1 is 1.44 bits per heavy atom. The molecule has 1 heterocycles. The third-order valence-corrected chi connectivity index (χ3v) is 3.50. The first-order chi connectivity index (χ1) is 8.68. The zero-order valence-corrected chi connectivity index (χ0v) is 10.1. The number of hydrogen-bond acceptors (Lipinski definition) is 4. The average Bonchev–Trinajstić information content (AvgIpc) is 2.38. The van der Waals surface area contributed by atoms with E-state index >= 15 is 0 Å². The molecule has 1 saturated carbocycles. The fourth-order valence-corrected chi connectivity index (χ4v) is 2.62. The molecular weight excluding hydrogens is 232 g/mol. The number of carbonyl (C=O) groups is 1. The predicted octanol–water partition coefficient (Wildman–Crippen LogP) is 2.20. The molecule has 2 atom stereocenters. The van der Waals surface area contributed by atoms with Gasteiger partial charge in [0.1, 0.15) is 5.78 Å². The summed E-state index contributed by atoms with van der Waals surface area (Å²) >= 11 is 0. The van der Waals surface area contributed by atoms with Gasteiger partial charge in [-0.15, -0.1) is 0 Å². The fourth-order valence-electron chi connectivity index (χ4n) is 2.62. The summed E-state index contributed by atoms with van der Waals surface area (Å²) in [6, 6.07) is 5.36. The molecule has 0 N–H and O–H groups in total. The SMILES string of the molecule is O=C1CCCC[C@H]1[C@@H](C[N+](=O)[O-])c1ccccn1. The third-order valence-electron chi connectivity index (χ3n) is 3.50. The topological polar surface area (TPSA) is 73.1 Å². The summed E-state index contributed by atoms with van der Waals surface area (Å²) in [4.78, 5) is 26.6. The van der Waals surface area contributed by atoms with Crippen LogP contribution in [0.25, 0.3) is 0 Å². The van der Waals surface area contributed by atoms with Gasteiger partial charge in [-0.2, -0.15) is 0 Å². The van der Waals surface area contributed by atoms with Crippen LogP contribution in [0.2, 0.25) is 0 Å². The van der Waals surface area contributed by atoms with Crippen molar-refractivity contribution in [2.75, 3.05) is 6.54 Å². The number of nitrogens with zero attached hydrogens (tertiary/aromatic N) is 2. The van der Waals surface area contributed by atoms with E-state index in [2.05, 4.69) is 4.98 Å². The Morgan fingerprint density at radius 3 is 2.89 bits per heavy atom. The van der Waals surface area contributed by atoms with Gasteiger partial charge >= 0.3 is 0 Å². The van der Waals surface area contributed by atoms with E-state index in [0.29, 0.717) is 12.1 Å². The lowest BCUT2D eigenvalue weighted by Gasteiger charge is -2.26. The molecule has 5 nitrogen and oxygen atoms in total. The normalized spacial score (nSPS) is 21.6. The van der Waals surface area contributed by atoms with Gasteiger partial charge in [0.15, 0.2) is 0 Å². The summed E-state index contributed by atoms with van der Waals surface area (Å²) in [7, 11) is 0. The Hall–Kier alpha value is -1.78. The van der Waals surface area contributed by atoms with E-state index in [1.165, 1.54) is 0 Å². The molecular formula is C13H16N2O3. The monoisotopic (exact) mass is 248 g/mol. The van der Waals surface area contributed by atoms with Gasteiger partial charge in [0.25, 0.3) is 0 Å². The first kappa shape index (κ1) is 12.7. The Bertz CT molecular complexity index is 433. The van der Waals surface area contributed by atoms with Crippen LogP contribution in [-0.2, 0) is 4.79 Å². The molecule has 5 heteroatoms. The molecule has 0 radical (unpaired) electrons. The number of carbonyl (C=O) groups excluding carboxylic acids is 1. The van der Waals surface area contributed by atoms with Crippen molar-refractivity contribution in [3.05, 3.63) is 40.2 Å². The molecule has 0 aromatic carbocycles. The van der Waals surface area contributed by atoms with Crippen molar-refractivity contribution in [3.63, 3.8) is 0 Å². The second kappa shape index (κ2) is 5.71. The van der Waals surface area contributed by atoms with Crippen molar-refractivity contribution < 1.29 is 9.72 Å². The molecule has 96 valence electrons. The number of pyridine rings is 1. The average molecular weight is 248 g/mol. The van der Waals surface area contributed by atoms with Crippen molar-refractivity contribution in [2.45, 2.75) is 31.6 Å². The molecule has 1 aromatic heterocycles. The number of Topliss-reactive ketones (excluding diaryl/α,β-unsaturated/α-hetero) is 1. The fraction of sp³-hybridized carbons (Fsp3) is 0.538. The highest BCUT2D eigenvalue weighted by atomic mass is 16.6. The Morgan fingerprint density at radius 2 is 2.28 bits per heavy atom. The molecule has 1 aliphatic carbocycles. The minimum absolute atomic E-state index is 0.152. The molecule has 0 unspecified atom stereocenters. The highest BCUT2D eigenvalue weighted by Crippen LogP contribution is 2.33. The summed E-state index contributed by atoms with van der Waals surface area (Å²) in [5, 5.41) is 10.8. The molecule has 1 fully saturated rings. The van der Waals surface area contributed by atoms with Crippen molar-refractivity contribution >= 4 is 5.78 Å². The standard InChI is InChI=1S/C13H16N2O3/c16-13-7-2-1-5-10(13)11(9-15(17)18)12-6-3-4-8-14-12/h3-4,6,8,10-11H,1-2,5,7,9H2/t10-,11+/m0/s1. The number of ketones is 1. The van der Waals surface area contributed by atoms with Crippen LogP contribution in [0.5, 0.6) is 0 Å². The Kier molecular flexibility index (Phi) is 4.02. The second-order valence-electron chi connectivity index (χ2n) is 4.69. The van der Waals surface area contributed by atoms with Crippen molar-refractivity contribution in [2.24, 2.45) is 5.92 Å². The molecule has 0 amide bonds. The maximum Gasteiger partial charge on any atom is 0.212 e. The molecule has 2 rings (SSSR count). The van der Waals surface area contributed by atoms with Crippen LogP contribution in [0.15, 0.2) is 24.4 Å². The van der Waals surface area contributed by atoms with Gasteiger partial charge in [0, 0.05) is 23.5 Å². The van der Waals surface area contributed by atoms with E-state index in [0.717, 1.165) is 19.3 Å². The first-order valence-corrected chi connectivity index (χ1v) is 6.24. The number of nitro groups is 1. The lowest BCUT2D eigenvalue weighted by Crippen LogP contribution is -2.30. The lowest BCUT2D eigenvalue weighted by atomic mass is 9.77. The minimum atomic E-state index is -0.381. The number of aromatic nitrogens is 1. The predicted molar refractivity (Wildman–Crippen MR) is 65.8 cm³/mol. The van der Waals surface area contributed by atoms with Crippen LogP contribution in [-0.4, -0.2) is 22.2 Å².